The molecule has 0 spiro atoms. The van der Waals surface area contributed by atoms with Crippen LogP contribution in [0, 0.1) is 5.92 Å². The van der Waals surface area contributed by atoms with Gasteiger partial charge in [0.05, 0.1) is 5.92 Å². The van der Waals surface area contributed by atoms with Crippen molar-refractivity contribution in [3.05, 3.63) is 23.8 Å². The van der Waals surface area contributed by atoms with Gasteiger partial charge in [-0.15, -0.1) is 0 Å². The second kappa shape index (κ2) is 4.23. The Kier molecular flexibility index (Phi) is 2.69. The molecule has 0 saturated heterocycles. The number of rotatable bonds is 3. The van der Waals surface area contributed by atoms with Gasteiger partial charge < -0.3 is 10.1 Å². The summed E-state index contributed by atoms with van der Waals surface area (Å²) in [6.45, 7) is -2.84. The standard InChI is InChI=1S/C13H13F2NO2/c14-13(15)18-8-4-5-10-9(6-8)11(12(17)16-10)7-2-1-3-7/h4-7,11,13H,1-3H2,(H,16,17). The zero-order valence-corrected chi connectivity index (χ0v) is 9.66. The van der Waals surface area contributed by atoms with Gasteiger partial charge in [0.2, 0.25) is 5.91 Å². The molecule has 1 aromatic carbocycles. The van der Waals surface area contributed by atoms with E-state index in [-0.39, 0.29) is 17.6 Å². The van der Waals surface area contributed by atoms with Crippen LogP contribution in [0.3, 0.4) is 0 Å². The molecule has 0 aromatic heterocycles. The van der Waals surface area contributed by atoms with Crippen LogP contribution in [-0.4, -0.2) is 12.5 Å². The summed E-state index contributed by atoms with van der Waals surface area (Å²) in [6, 6.07) is 4.64. The van der Waals surface area contributed by atoms with Gasteiger partial charge in [0, 0.05) is 5.69 Å². The third-order valence-electron chi connectivity index (χ3n) is 3.74. The molecule has 1 heterocycles. The highest BCUT2D eigenvalue weighted by molar-refractivity contribution is 6.03. The smallest absolute Gasteiger partial charge is 0.387 e. The Labute approximate surface area is 103 Å². The molecule has 3 rings (SSSR count). The number of nitrogens with one attached hydrogen (secondary N) is 1. The lowest BCUT2D eigenvalue weighted by molar-refractivity contribution is -0.118. The van der Waals surface area contributed by atoms with Gasteiger partial charge in [-0.25, -0.2) is 0 Å². The fourth-order valence-electron chi connectivity index (χ4n) is 2.68. The van der Waals surface area contributed by atoms with Crippen LogP contribution < -0.4 is 10.1 Å². The van der Waals surface area contributed by atoms with Gasteiger partial charge in [-0.1, -0.05) is 6.42 Å². The number of alkyl halides is 2. The Morgan fingerprint density at radius 1 is 1.33 bits per heavy atom. The zero-order valence-electron chi connectivity index (χ0n) is 9.66. The summed E-state index contributed by atoms with van der Waals surface area (Å²) in [5.41, 5.74) is 1.52. The molecular weight excluding hydrogens is 240 g/mol. The second-order valence-corrected chi connectivity index (χ2v) is 4.79. The first-order chi connectivity index (χ1) is 8.65. The molecular formula is C13H13F2NO2. The van der Waals surface area contributed by atoms with Crippen molar-refractivity contribution in [2.24, 2.45) is 5.92 Å². The minimum absolute atomic E-state index is 0.0242. The van der Waals surface area contributed by atoms with Gasteiger partial charge in [0.15, 0.2) is 0 Å². The number of ether oxygens (including phenoxy) is 1. The fraction of sp³-hybridized carbons (Fsp3) is 0.462. The Hall–Kier alpha value is -1.65. The van der Waals surface area contributed by atoms with E-state index >= 15 is 0 Å². The van der Waals surface area contributed by atoms with Crippen molar-refractivity contribution in [3.8, 4) is 5.75 Å². The number of anilines is 1. The van der Waals surface area contributed by atoms with E-state index in [4.69, 9.17) is 0 Å². The van der Waals surface area contributed by atoms with E-state index < -0.39 is 6.61 Å². The highest BCUT2D eigenvalue weighted by Crippen LogP contribution is 2.46. The largest absolute Gasteiger partial charge is 0.435 e. The van der Waals surface area contributed by atoms with Gasteiger partial charge in [0.1, 0.15) is 5.75 Å². The SMILES string of the molecule is O=C1Nc2ccc(OC(F)F)cc2C1C1CCC1. The molecule has 96 valence electrons. The molecule has 3 nitrogen and oxygen atoms in total. The summed E-state index contributed by atoms with van der Waals surface area (Å²) in [6.07, 6.45) is 3.19. The second-order valence-electron chi connectivity index (χ2n) is 4.79. The van der Waals surface area contributed by atoms with Gasteiger partial charge in [0.25, 0.3) is 0 Å². The summed E-state index contributed by atoms with van der Waals surface area (Å²) >= 11 is 0. The van der Waals surface area contributed by atoms with Crippen LogP contribution in [0.15, 0.2) is 18.2 Å². The summed E-state index contributed by atoms with van der Waals surface area (Å²) in [5, 5.41) is 2.80. The molecule has 1 unspecified atom stereocenters. The molecule has 0 radical (unpaired) electrons. The summed E-state index contributed by atoms with van der Waals surface area (Å²) in [4.78, 5) is 11.9. The lowest BCUT2D eigenvalue weighted by Crippen LogP contribution is -2.25. The van der Waals surface area contributed by atoms with Crippen molar-refractivity contribution >= 4 is 11.6 Å². The average molecular weight is 253 g/mol. The monoisotopic (exact) mass is 253 g/mol. The highest BCUT2D eigenvalue weighted by Gasteiger charge is 2.39. The minimum atomic E-state index is -2.84. The minimum Gasteiger partial charge on any atom is -0.435 e. The Bertz CT molecular complexity index is 486. The van der Waals surface area contributed by atoms with Crippen LogP contribution in [0.1, 0.15) is 30.7 Å². The van der Waals surface area contributed by atoms with Gasteiger partial charge >= 0.3 is 6.61 Å². The Balaban J connectivity index is 1.91. The van der Waals surface area contributed by atoms with Crippen molar-refractivity contribution in [3.63, 3.8) is 0 Å². The third kappa shape index (κ3) is 1.83. The molecule has 1 amide bonds. The molecule has 0 bridgehead atoms. The number of hydrogen-bond donors (Lipinski definition) is 1. The number of benzene rings is 1. The van der Waals surface area contributed by atoms with Crippen LogP contribution in [0.25, 0.3) is 0 Å². The quantitative estimate of drug-likeness (QED) is 0.898. The van der Waals surface area contributed by atoms with Crippen LogP contribution in [0.2, 0.25) is 0 Å². The maximum Gasteiger partial charge on any atom is 0.387 e. The molecule has 18 heavy (non-hydrogen) atoms. The maximum absolute atomic E-state index is 12.2. The number of amides is 1. The van der Waals surface area contributed by atoms with E-state index in [1.54, 1.807) is 12.1 Å². The predicted molar refractivity (Wildman–Crippen MR) is 61.8 cm³/mol. The van der Waals surface area contributed by atoms with E-state index in [9.17, 15) is 13.6 Å². The van der Waals surface area contributed by atoms with Crippen molar-refractivity contribution < 1.29 is 18.3 Å². The summed E-state index contributed by atoms with van der Waals surface area (Å²) in [5.74, 6) is 0.233. The first-order valence-electron chi connectivity index (χ1n) is 6.05. The van der Waals surface area contributed by atoms with E-state index in [1.807, 2.05) is 0 Å². The number of hydrogen-bond acceptors (Lipinski definition) is 2. The van der Waals surface area contributed by atoms with E-state index in [1.165, 1.54) is 6.07 Å². The fourth-order valence-corrected chi connectivity index (χ4v) is 2.68. The van der Waals surface area contributed by atoms with Crippen molar-refractivity contribution in [2.45, 2.75) is 31.8 Å². The lowest BCUT2D eigenvalue weighted by atomic mass is 9.73. The highest BCUT2D eigenvalue weighted by atomic mass is 19.3. The van der Waals surface area contributed by atoms with E-state index in [0.29, 0.717) is 5.92 Å². The number of halogens is 2. The molecule has 1 aromatic rings. The zero-order chi connectivity index (χ0) is 12.7. The first-order valence-corrected chi connectivity index (χ1v) is 6.05. The lowest BCUT2D eigenvalue weighted by Gasteiger charge is -2.30. The van der Waals surface area contributed by atoms with Gasteiger partial charge in [-0.05, 0) is 42.5 Å². The topological polar surface area (TPSA) is 38.3 Å². The van der Waals surface area contributed by atoms with Gasteiger partial charge in [-0.3, -0.25) is 4.79 Å². The van der Waals surface area contributed by atoms with Gasteiger partial charge in [-0.2, -0.15) is 8.78 Å². The molecule has 1 atom stereocenters. The first kappa shape index (κ1) is 11.4. The van der Waals surface area contributed by atoms with Crippen LogP contribution in [0.4, 0.5) is 14.5 Å². The summed E-state index contributed by atoms with van der Waals surface area (Å²) < 4.78 is 28.7. The van der Waals surface area contributed by atoms with E-state index in [0.717, 1.165) is 30.5 Å². The number of carbonyl (C=O) groups excluding carboxylic acids is 1. The van der Waals surface area contributed by atoms with Crippen LogP contribution in [-0.2, 0) is 4.79 Å². The Morgan fingerprint density at radius 3 is 2.72 bits per heavy atom. The van der Waals surface area contributed by atoms with Crippen molar-refractivity contribution in [1.29, 1.82) is 0 Å². The van der Waals surface area contributed by atoms with Crippen LogP contribution in [0.5, 0.6) is 5.75 Å². The average Bonchev–Trinajstić information content (AvgIpc) is 2.53. The van der Waals surface area contributed by atoms with Crippen molar-refractivity contribution in [2.75, 3.05) is 5.32 Å². The summed E-state index contributed by atoms with van der Waals surface area (Å²) in [7, 11) is 0. The normalized spacial score (nSPS) is 22.6. The predicted octanol–water partition coefficient (Wildman–Crippen LogP) is 3.12. The molecule has 1 aliphatic heterocycles. The molecule has 1 N–H and O–H groups in total. The molecule has 1 aliphatic carbocycles. The maximum atomic E-state index is 12.2. The number of fused-ring (bicyclic) bond motifs is 1. The van der Waals surface area contributed by atoms with Crippen molar-refractivity contribution in [1.82, 2.24) is 0 Å². The van der Waals surface area contributed by atoms with E-state index in [2.05, 4.69) is 10.1 Å². The molecule has 1 fully saturated rings. The number of carbonyl (C=O) groups is 1. The molecule has 1 saturated carbocycles. The Morgan fingerprint density at radius 2 is 2.11 bits per heavy atom. The molecule has 5 heteroatoms. The third-order valence-corrected chi connectivity index (χ3v) is 3.74. The van der Waals surface area contributed by atoms with Crippen LogP contribution >= 0.6 is 0 Å². The molecule has 2 aliphatic rings.